The maximum atomic E-state index is 9.16. The molecule has 4 heteroatoms. The Balaban J connectivity index is 2.40. The van der Waals surface area contributed by atoms with Gasteiger partial charge in [0, 0.05) is 19.3 Å². The quantitative estimate of drug-likeness (QED) is 0.850. The third kappa shape index (κ3) is 2.40. The number of anilines is 1. The lowest BCUT2D eigenvalue weighted by molar-refractivity contribution is 0.304. The third-order valence-corrected chi connectivity index (χ3v) is 3.20. The van der Waals surface area contributed by atoms with Crippen LogP contribution in [-0.4, -0.2) is 30.3 Å². The average molecular weight is 231 g/mol. The number of nitriles is 1. The van der Waals surface area contributed by atoms with Crippen molar-refractivity contribution in [2.45, 2.75) is 25.7 Å². The highest BCUT2D eigenvalue weighted by atomic mass is 16.3. The number of fused-ring (bicyclic) bond motifs is 1. The summed E-state index contributed by atoms with van der Waals surface area (Å²) in [5.74, 6) is 0.696. The van der Waals surface area contributed by atoms with Gasteiger partial charge in [0.25, 0.3) is 0 Å². The van der Waals surface area contributed by atoms with Crippen molar-refractivity contribution < 1.29 is 5.11 Å². The molecule has 1 aromatic heterocycles. The van der Waals surface area contributed by atoms with Gasteiger partial charge in [-0.15, -0.1) is 0 Å². The SMILES string of the molecule is CN(CCO)c1nc2c(cc1C#N)CCCC2. The number of pyridine rings is 1. The summed E-state index contributed by atoms with van der Waals surface area (Å²) in [4.78, 5) is 6.44. The molecular formula is C13H17N3O. The Labute approximate surface area is 102 Å². The number of hydrogen-bond acceptors (Lipinski definition) is 4. The highest BCUT2D eigenvalue weighted by Gasteiger charge is 2.16. The van der Waals surface area contributed by atoms with Crippen molar-refractivity contribution in [1.82, 2.24) is 4.98 Å². The van der Waals surface area contributed by atoms with Gasteiger partial charge < -0.3 is 10.0 Å². The predicted octanol–water partition coefficient (Wildman–Crippen LogP) is 1.26. The Morgan fingerprint density at radius 1 is 1.47 bits per heavy atom. The van der Waals surface area contributed by atoms with Crippen LogP contribution in [0.25, 0.3) is 0 Å². The number of aryl methyl sites for hydroxylation is 2. The van der Waals surface area contributed by atoms with Crippen LogP contribution in [0.1, 0.15) is 29.7 Å². The van der Waals surface area contributed by atoms with E-state index in [2.05, 4.69) is 11.1 Å². The van der Waals surface area contributed by atoms with Crippen LogP contribution in [0.3, 0.4) is 0 Å². The van der Waals surface area contributed by atoms with Crippen molar-refractivity contribution >= 4 is 5.82 Å². The first-order valence-electron chi connectivity index (χ1n) is 6.01. The molecule has 1 aliphatic rings. The first-order valence-corrected chi connectivity index (χ1v) is 6.01. The second-order valence-corrected chi connectivity index (χ2v) is 4.43. The number of hydrogen-bond donors (Lipinski definition) is 1. The van der Waals surface area contributed by atoms with E-state index in [9.17, 15) is 0 Å². The van der Waals surface area contributed by atoms with Crippen molar-refractivity contribution in [3.63, 3.8) is 0 Å². The van der Waals surface area contributed by atoms with Gasteiger partial charge in [-0.3, -0.25) is 0 Å². The summed E-state index contributed by atoms with van der Waals surface area (Å²) in [6.07, 6.45) is 4.39. The largest absolute Gasteiger partial charge is 0.395 e. The van der Waals surface area contributed by atoms with Crippen LogP contribution in [0.5, 0.6) is 0 Å². The summed E-state index contributed by atoms with van der Waals surface area (Å²) in [6.45, 7) is 0.570. The number of rotatable bonds is 3. The molecule has 0 bridgehead atoms. The lowest BCUT2D eigenvalue weighted by atomic mass is 9.95. The molecule has 0 fully saturated rings. The van der Waals surface area contributed by atoms with Gasteiger partial charge in [-0.05, 0) is 37.3 Å². The number of nitrogens with zero attached hydrogens (tertiary/aromatic N) is 3. The molecule has 1 aliphatic carbocycles. The molecule has 0 aromatic carbocycles. The van der Waals surface area contributed by atoms with Crippen LogP contribution < -0.4 is 4.90 Å². The molecule has 1 heterocycles. The minimum atomic E-state index is 0.0696. The number of aliphatic hydroxyl groups excluding tert-OH is 1. The highest BCUT2D eigenvalue weighted by molar-refractivity contribution is 5.56. The van der Waals surface area contributed by atoms with E-state index in [0.29, 0.717) is 17.9 Å². The Hall–Kier alpha value is -1.60. The summed E-state index contributed by atoms with van der Waals surface area (Å²) in [5, 5.41) is 18.1. The van der Waals surface area contributed by atoms with Crippen molar-refractivity contribution in [2.75, 3.05) is 25.1 Å². The number of aromatic nitrogens is 1. The predicted molar refractivity (Wildman–Crippen MR) is 65.9 cm³/mol. The van der Waals surface area contributed by atoms with Gasteiger partial charge >= 0.3 is 0 Å². The van der Waals surface area contributed by atoms with Crippen LogP contribution in [0.2, 0.25) is 0 Å². The van der Waals surface area contributed by atoms with Crippen molar-refractivity contribution in [1.29, 1.82) is 5.26 Å². The first kappa shape index (κ1) is 11.9. The highest BCUT2D eigenvalue weighted by Crippen LogP contribution is 2.25. The molecule has 1 N–H and O–H groups in total. The molecule has 0 radical (unpaired) electrons. The van der Waals surface area contributed by atoms with Crippen LogP contribution in [-0.2, 0) is 12.8 Å². The molecule has 2 rings (SSSR count). The molecule has 4 nitrogen and oxygen atoms in total. The standard InChI is InChI=1S/C13H17N3O/c1-16(6-7-17)13-11(9-14)8-10-4-2-3-5-12(10)15-13/h8,17H,2-7H2,1H3. The molecular weight excluding hydrogens is 214 g/mol. The average Bonchev–Trinajstić information content (AvgIpc) is 2.37. The molecule has 0 atom stereocenters. The molecule has 0 unspecified atom stereocenters. The van der Waals surface area contributed by atoms with Gasteiger partial charge in [0.05, 0.1) is 12.2 Å². The van der Waals surface area contributed by atoms with E-state index in [4.69, 9.17) is 10.4 Å². The summed E-state index contributed by atoms with van der Waals surface area (Å²) in [7, 11) is 1.86. The lowest BCUT2D eigenvalue weighted by Crippen LogP contribution is -2.24. The van der Waals surface area contributed by atoms with E-state index in [1.54, 1.807) is 0 Å². The van der Waals surface area contributed by atoms with Crippen molar-refractivity contribution in [3.05, 3.63) is 22.9 Å². The summed E-state index contributed by atoms with van der Waals surface area (Å²) in [5.41, 5.74) is 2.95. The van der Waals surface area contributed by atoms with Crippen LogP contribution in [0.15, 0.2) is 6.07 Å². The summed E-state index contributed by atoms with van der Waals surface area (Å²) in [6, 6.07) is 4.16. The Bertz CT molecular complexity index is 451. The Morgan fingerprint density at radius 3 is 2.94 bits per heavy atom. The second-order valence-electron chi connectivity index (χ2n) is 4.43. The van der Waals surface area contributed by atoms with Crippen LogP contribution in [0.4, 0.5) is 5.82 Å². The fourth-order valence-corrected chi connectivity index (χ4v) is 2.25. The molecule has 0 aliphatic heterocycles. The van der Waals surface area contributed by atoms with Gasteiger partial charge in [0.1, 0.15) is 11.9 Å². The monoisotopic (exact) mass is 231 g/mol. The lowest BCUT2D eigenvalue weighted by Gasteiger charge is -2.22. The second kappa shape index (κ2) is 5.15. The smallest absolute Gasteiger partial charge is 0.146 e. The van der Waals surface area contributed by atoms with Crippen LogP contribution >= 0.6 is 0 Å². The molecule has 1 aromatic rings. The normalized spacial score (nSPS) is 13.9. The number of aliphatic hydroxyl groups is 1. The van der Waals surface area contributed by atoms with Gasteiger partial charge in [0.15, 0.2) is 0 Å². The molecule has 0 amide bonds. The van der Waals surface area contributed by atoms with E-state index < -0.39 is 0 Å². The van der Waals surface area contributed by atoms with Crippen molar-refractivity contribution in [2.24, 2.45) is 0 Å². The molecule has 17 heavy (non-hydrogen) atoms. The molecule has 0 saturated heterocycles. The van der Waals surface area contributed by atoms with E-state index in [-0.39, 0.29) is 6.61 Å². The van der Waals surface area contributed by atoms with Crippen molar-refractivity contribution in [3.8, 4) is 6.07 Å². The van der Waals surface area contributed by atoms with Gasteiger partial charge in [-0.25, -0.2) is 4.98 Å². The minimum absolute atomic E-state index is 0.0696. The molecule has 0 spiro atoms. The van der Waals surface area contributed by atoms with E-state index in [1.807, 2.05) is 18.0 Å². The zero-order chi connectivity index (χ0) is 12.3. The zero-order valence-corrected chi connectivity index (χ0v) is 10.1. The zero-order valence-electron chi connectivity index (χ0n) is 10.1. The van der Waals surface area contributed by atoms with Gasteiger partial charge in [-0.1, -0.05) is 0 Å². The Morgan fingerprint density at radius 2 is 2.24 bits per heavy atom. The Kier molecular flexibility index (Phi) is 3.60. The molecule has 0 saturated carbocycles. The maximum absolute atomic E-state index is 9.16. The van der Waals surface area contributed by atoms with E-state index in [0.717, 1.165) is 18.5 Å². The fourth-order valence-electron chi connectivity index (χ4n) is 2.25. The van der Waals surface area contributed by atoms with E-state index >= 15 is 0 Å². The van der Waals surface area contributed by atoms with Crippen LogP contribution in [0, 0.1) is 11.3 Å². The summed E-state index contributed by atoms with van der Waals surface area (Å²) < 4.78 is 0. The first-order chi connectivity index (χ1) is 8.26. The maximum Gasteiger partial charge on any atom is 0.146 e. The van der Waals surface area contributed by atoms with E-state index in [1.165, 1.54) is 18.4 Å². The minimum Gasteiger partial charge on any atom is -0.395 e. The number of likely N-dealkylation sites (N-methyl/N-ethyl adjacent to an activating group) is 1. The molecule has 90 valence electrons. The topological polar surface area (TPSA) is 60.1 Å². The third-order valence-electron chi connectivity index (χ3n) is 3.20. The fraction of sp³-hybridized carbons (Fsp3) is 0.538. The summed E-state index contributed by atoms with van der Waals surface area (Å²) >= 11 is 0. The van der Waals surface area contributed by atoms with Gasteiger partial charge in [0.2, 0.25) is 0 Å². The van der Waals surface area contributed by atoms with Gasteiger partial charge in [-0.2, -0.15) is 5.26 Å².